The predicted octanol–water partition coefficient (Wildman–Crippen LogP) is 2.97. The van der Waals surface area contributed by atoms with Gasteiger partial charge in [-0.15, -0.1) is 0 Å². The maximum atomic E-state index is 12.7. The Bertz CT molecular complexity index is 793. The van der Waals surface area contributed by atoms with Crippen LogP contribution in [0.3, 0.4) is 0 Å². The number of para-hydroxylation sites is 1. The Kier molecular flexibility index (Phi) is 4.73. The average molecular weight is 366 g/mol. The zero-order chi connectivity index (χ0) is 17.3. The highest BCUT2D eigenvalue weighted by atomic mass is 35.5. The number of carbonyl (C=O) groups excluding carboxylic acids is 2. The summed E-state index contributed by atoms with van der Waals surface area (Å²) in [6.45, 7) is 2.42. The zero-order valence-electron chi connectivity index (χ0n) is 13.2. The quantitative estimate of drug-likeness (QED) is 0.843. The second kappa shape index (κ2) is 6.78. The third-order valence-electron chi connectivity index (χ3n) is 3.82. The number of amides is 1. The number of ether oxygens (including phenoxy) is 1. The normalized spacial score (nSPS) is 14.2. The van der Waals surface area contributed by atoms with Gasteiger partial charge in [-0.2, -0.15) is 0 Å². The van der Waals surface area contributed by atoms with E-state index in [9.17, 15) is 9.59 Å². The second-order valence-corrected chi connectivity index (χ2v) is 6.72. The van der Waals surface area contributed by atoms with Crippen LogP contribution < -0.4 is 10.2 Å². The molecule has 0 bridgehead atoms. The molecule has 3 rings (SSSR count). The predicted molar refractivity (Wildman–Crippen MR) is 94.0 cm³/mol. The Morgan fingerprint density at radius 2 is 2.17 bits per heavy atom. The molecule has 2 heterocycles. The molecule has 1 amide bonds. The highest BCUT2D eigenvalue weighted by Crippen LogP contribution is 2.30. The van der Waals surface area contributed by atoms with Crippen LogP contribution in [0.4, 0.5) is 10.8 Å². The number of nitrogens with one attached hydrogen (secondary N) is 1. The van der Waals surface area contributed by atoms with E-state index < -0.39 is 12.0 Å². The average Bonchev–Trinajstić information content (AvgIpc) is 3.17. The van der Waals surface area contributed by atoms with E-state index in [1.54, 1.807) is 11.8 Å². The highest BCUT2D eigenvalue weighted by Gasteiger charge is 2.28. The van der Waals surface area contributed by atoms with Crippen molar-refractivity contribution >= 4 is 45.6 Å². The molecule has 1 aliphatic rings. The summed E-state index contributed by atoms with van der Waals surface area (Å²) in [6.07, 6.45) is 0.851. The van der Waals surface area contributed by atoms with Crippen molar-refractivity contribution in [1.82, 2.24) is 4.98 Å². The first-order valence-electron chi connectivity index (χ1n) is 7.41. The molecule has 0 aliphatic carbocycles. The fraction of sp³-hybridized carbons (Fsp3) is 0.312. The first-order valence-corrected chi connectivity index (χ1v) is 8.61. The van der Waals surface area contributed by atoms with E-state index in [2.05, 4.69) is 15.0 Å². The third kappa shape index (κ3) is 3.09. The van der Waals surface area contributed by atoms with Gasteiger partial charge in [0.2, 0.25) is 5.91 Å². The van der Waals surface area contributed by atoms with Gasteiger partial charge in [-0.05, 0) is 25.0 Å². The number of thiazole rings is 1. The van der Waals surface area contributed by atoms with E-state index >= 15 is 0 Å². The Morgan fingerprint density at radius 3 is 2.92 bits per heavy atom. The number of carbonyl (C=O) groups is 2. The van der Waals surface area contributed by atoms with Gasteiger partial charge >= 0.3 is 5.97 Å². The van der Waals surface area contributed by atoms with Crippen LogP contribution in [0.15, 0.2) is 24.3 Å². The molecule has 1 aromatic heterocycles. The molecular formula is C16H16ClN3O3S. The topological polar surface area (TPSA) is 71.5 Å². The molecule has 1 unspecified atom stereocenters. The van der Waals surface area contributed by atoms with Crippen LogP contribution in [-0.2, 0) is 16.0 Å². The van der Waals surface area contributed by atoms with Gasteiger partial charge < -0.3 is 15.0 Å². The van der Waals surface area contributed by atoms with Crippen LogP contribution >= 0.6 is 22.9 Å². The summed E-state index contributed by atoms with van der Waals surface area (Å²) < 4.78 is 4.65. The maximum Gasteiger partial charge on any atom is 0.351 e. The van der Waals surface area contributed by atoms with Crippen LogP contribution in [0, 0.1) is 0 Å². The third-order valence-corrected chi connectivity index (χ3v) is 5.17. The Hall–Kier alpha value is -2.12. The number of fused-ring (bicyclic) bond motifs is 1. The Morgan fingerprint density at radius 1 is 1.42 bits per heavy atom. The van der Waals surface area contributed by atoms with Crippen molar-refractivity contribution in [2.24, 2.45) is 0 Å². The van der Waals surface area contributed by atoms with Gasteiger partial charge in [-0.3, -0.25) is 4.79 Å². The molecule has 8 heteroatoms. The molecule has 1 atom stereocenters. The van der Waals surface area contributed by atoms with E-state index in [0.29, 0.717) is 11.7 Å². The molecular weight excluding hydrogens is 350 g/mol. The van der Waals surface area contributed by atoms with Gasteiger partial charge in [-0.25, -0.2) is 9.78 Å². The molecule has 126 valence electrons. The van der Waals surface area contributed by atoms with E-state index in [1.807, 2.05) is 24.3 Å². The lowest BCUT2D eigenvalue weighted by Gasteiger charge is -2.22. The van der Waals surface area contributed by atoms with Gasteiger partial charge in [0, 0.05) is 12.2 Å². The van der Waals surface area contributed by atoms with Crippen LogP contribution in [0.1, 0.15) is 22.2 Å². The number of anilines is 2. The van der Waals surface area contributed by atoms with Crippen molar-refractivity contribution in [2.75, 3.05) is 23.9 Å². The monoisotopic (exact) mass is 365 g/mol. The summed E-state index contributed by atoms with van der Waals surface area (Å²) in [5.41, 5.74) is 2.12. The van der Waals surface area contributed by atoms with Crippen LogP contribution in [0.2, 0.25) is 5.15 Å². The Balaban J connectivity index is 1.73. The van der Waals surface area contributed by atoms with E-state index in [4.69, 9.17) is 11.6 Å². The lowest BCUT2D eigenvalue weighted by atomic mass is 10.2. The van der Waals surface area contributed by atoms with Crippen molar-refractivity contribution in [3.05, 3.63) is 39.9 Å². The number of halogens is 1. The van der Waals surface area contributed by atoms with Crippen molar-refractivity contribution < 1.29 is 14.3 Å². The fourth-order valence-corrected chi connectivity index (χ4v) is 3.82. The Labute approximate surface area is 148 Å². The summed E-state index contributed by atoms with van der Waals surface area (Å²) in [4.78, 5) is 30.3. The number of methoxy groups -OCH3 is 1. The maximum absolute atomic E-state index is 12.7. The molecule has 6 nitrogen and oxygen atoms in total. The standard InChI is InChI=1S/C16H16ClN3O3S/c1-9(18-16-19-13(17)12(24-16)15(22)23-2)14(21)20-8-7-10-5-3-4-6-11(10)20/h3-6,9H,7-8H2,1-2H3,(H,18,19). The largest absolute Gasteiger partial charge is 0.465 e. The van der Waals surface area contributed by atoms with Crippen LogP contribution in [0.25, 0.3) is 0 Å². The van der Waals surface area contributed by atoms with Gasteiger partial charge in [0.25, 0.3) is 0 Å². The molecule has 0 saturated heterocycles. The lowest BCUT2D eigenvalue weighted by molar-refractivity contribution is -0.118. The first-order chi connectivity index (χ1) is 11.5. The molecule has 0 saturated carbocycles. The second-order valence-electron chi connectivity index (χ2n) is 5.37. The minimum atomic E-state index is -0.544. The summed E-state index contributed by atoms with van der Waals surface area (Å²) >= 11 is 7.01. The molecule has 24 heavy (non-hydrogen) atoms. The van der Waals surface area contributed by atoms with Crippen LogP contribution in [-0.4, -0.2) is 36.6 Å². The number of esters is 1. The van der Waals surface area contributed by atoms with Crippen molar-refractivity contribution in [1.29, 1.82) is 0 Å². The SMILES string of the molecule is COC(=O)c1sc(NC(C)C(=O)N2CCc3ccccc32)nc1Cl. The zero-order valence-corrected chi connectivity index (χ0v) is 14.8. The molecule has 1 aliphatic heterocycles. The van der Waals surface area contributed by atoms with E-state index in [1.165, 1.54) is 12.7 Å². The molecule has 1 aromatic carbocycles. The number of aromatic nitrogens is 1. The summed E-state index contributed by atoms with van der Waals surface area (Å²) in [5, 5.41) is 3.49. The van der Waals surface area contributed by atoms with E-state index in [0.717, 1.165) is 23.4 Å². The molecule has 0 radical (unpaired) electrons. The first kappa shape index (κ1) is 16.7. The van der Waals surface area contributed by atoms with Gasteiger partial charge in [-0.1, -0.05) is 41.1 Å². The minimum Gasteiger partial charge on any atom is -0.465 e. The molecule has 1 N–H and O–H groups in total. The number of nitrogens with zero attached hydrogens (tertiary/aromatic N) is 2. The number of rotatable bonds is 4. The molecule has 2 aromatic rings. The summed E-state index contributed by atoms with van der Waals surface area (Å²) in [6, 6.07) is 7.38. The molecule has 0 fully saturated rings. The smallest absolute Gasteiger partial charge is 0.351 e. The van der Waals surface area contributed by atoms with Gasteiger partial charge in [0.15, 0.2) is 15.2 Å². The van der Waals surface area contributed by atoms with Gasteiger partial charge in [0.05, 0.1) is 7.11 Å². The number of hydrogen-bond acceptors (Lipinski definition) is 6. The van der Waals surface area contributed by atoms with Crippen molar-refractivity contribution in [3.63, 3.8) is 0 Å². The highest BCUT2D eigenvalue weighted by molar-refractivity contribution is 7.18. The van der Waals surface area contributed by atoms with E-state index in [-0.39, 0.29) is 15.9 Å². The van der Waals surface area contributed by atoms with Crippen LogP contribution in [0.5, 0.6) is 0 Å². The summed E-state index contributed by atoms with van der Waals surface area (Å²) in [7, 11) is 1.28. The fourth-order valence-electron chi connectivity index (χ4n) is 2.63. The minimum absolute atomic E-state index is 0.0501. The summed E-state index contributed by atoms with van der Waals surface area (Å²) in [5.74, 6) is -0.594. The molecule has 0 spiro atoms. The van der Waals surface area contributed by atoms with Crippen molar-refractivity contribution in [3.8, 4) is 0 Å². The van der Waals surface area contributed by atoms with Crippen molar-refractivity contribution in [2.45, 2.75) is 19.4 Å². The number of benzene rings is 1. The lowest BCUT2D eigenvalue weighted by Crippen LogP contribution is -2.40. The number of hydrogen-bond donors (Lipinski definition) is 1. The van der Waals surface area contributed by atoms with Gasteiger partial charge in [0.1, 0.15) is 6.04 Å².